The first-order valence-corrected chi connectivity index (χ1v) is 5.30. The van der Waals surface area contributed by atoms with Crippen LogP contribution in [-0.2, 0) is 0 Å². The fourth-order valence-corrected chi connectivity index (χ4v) is 1.38. The van der Waals surface area contributed by atoms with Gasteiger partial charge in [-0.3, -0.25) is 0 Å². The SMILES string of the molecule is Cc1cccc(NC/C=C/CCl)c1C. The third kappa shape index (κ3) is 3.08. The third-order valence-electron chi connectivity index (χ3n) is 2.27. The van der Waals surface area contributed by atoms with Crippen molar-refractivity contribution in [1.29, 1.82) is 0 Å². The molecule has 1 aromatic carbocycles. The predicted octanol–water partition coefficient (Wildman–Crippen LogP) is 3.51. The zero-order chi connectivity index (χ0) is 10.4. The molecular weight excluding hydrogens is 194 g/mol. The highest BCUT2D eigenvalue weighted by Gasteiger charge is 1.97. The molecule has 0 fully saturated rings. The molecule has 0 radical (unpaired) electrons. The van der Waals surface area contributed by atoms with Gasteiger partial charge in [0, 0.05) is 18.1 Å². The number of alkyl halides is 1. The average Bonchev–Trinajstić information content (AvgIpc) is 2.19. The van der Waals surface area contributed by atoms with Crippen molar-refractivity contribution in [2.24, 2.45) is 0 Å². The zero-order valence-corrected chi connectivity index (χ0v) is 9.43. The molecule has 0 aliphatic rings. The molecule has 0 saturated heterocycles. The standard InChI is InChI=1S/C12H16ClN/c1-10-6-5-7-12(11(10)2)14-9-4-3-8-13/h3-7,14H,8-9H2,1-2H3/b4-3+. The van der Waals surface area contributed by atoms with E-state index in [1.54, 1.807) is 0 Å². The Hall–Kier alpha value is -0.950. The van der Waals surface area contributed by atoms with Gasteiger partial charge in [0.1, 0.15) is 0 Å². The lowest BCUT2D eigenvalue weighted by molar-refractivity contribution is 1.26. The van der Waals surface area contributed by atoms with Crippen molar-refractivity contribution in [3.8, 4) is 0 Å². The normalized spacial score (nSPS) is 10.8. The summed E-state index contributed by atoms with van der Waals surface area (Å²) in [7, 11) is 0. The summed E-state index contributed by atoms with van der Waals surface area (Å²) in [6.45, 7) is 5.08. The number of hydrogen-bond donors (Lipinski definition) is 1. The molecule has 1 rings (SSSR count). The maximum atomic E-state index is 5.53. The number of anilines is 1. The fraction of sp³-hybridized carbons (Fsp3) is 0.333. The molecule has 0 aliphatic heterocycles. The van der Waals surface area contributed by atoms with E-state index in [-0.39, 0.29) is 0 Å². The summed E-state index contributed by atoms with van der Waals surface area (Å²) in [5.41, 5.74) is 3.83. The second kappa shape index (κ2) is 5.71. The quantitative estimate of drug-likeness (QED) is 0.591. The van der Waals surface area contributed by atoms with Crippen LogP contribution in [0, 0.1) is 13.8 Å². The van der Waals surface area contributed by atoms with Gasteiger partial charge in [-0.25, -0.2) is 0 Å². The Morgan fingerprint density at radius 1 is 1.29 bits per heavy atom. The van der Waals surface area contributed by atoms with Crippen molar-refractivity contribution < 1.29 is 0 Å². The molecule has 1 aromatic rings. The van der Waals surface area contributed by atoms with Gasteiger partial charge < -0.3 is 5.32 Å². The van der Waals surface area contributed by atoms with Gasteiger partial charge in [-0.2, -0.15) is 0 Å². The molecule has 0 aromatic heterocycles. The summed E-state index contributed by atoms with van der Waals surface area (Å²) in [4.78, 5) is 0. The second-order valence-electron chi connectivity index (χ2n) is 3.25. The lowest BCUT2D eigenvalue weighted by atomic mass is 10.1. The monoisotopic (exact) mass is 209 g/mol. The van der Waals surface area contributed by atoms with Crippen molar-refractivity contribution in [2.75, 3.05) is 17.7 Å². The Morgan fingerprint density at radius 2 is 2.07 bits per heavy atom. The van der Waals surface area contributed by atoms with Gasteiger partial charge >= 0.3 is 0 Å². The molecule has 1 nitrogen and oxygen atoms in total. The van der Waals surface area contributed by atoms with E-state index in [1.165, 1.54) is 16.8 Å². The molecule has 0 atom stereocenters. The van der Waals surface area contributed by atoms with E-state index in [4.69, 9.17) is 11.6 Å². The first-order chi connectivity index (χ1) is 6.75. The Balaban J connectivity index is 2.59. The van der Waals surface area contributed by atoms with Crippen LogP contribution in [-0.4, -0.2) is 12.4 Å². The topological polar surface area (TPSA) is 12.0 Å². The van der Waals surface area contributed by atoms with Gasteiger partial charge in [0.25, 0.3) is 0 Å². The van der Waals surface area contributed by atoms with E-state index in [0.29, 0.717) is 5.88 Å². The molecule has 1 N–H and O–H groups in total. The van der Waals surface area contributed by atoms with Crippen LogP contribution in [0.3, 0.4) is 0 Å². The zero-order valence-electron chi connectivity index (χ0n) is 8.68. The summed E-state index contributed by atoms with van der Waals surface area (Å²) in [6, 6.07) is 6.28. The number of nitrogens with one attached hydrogen (secondary N) is 1. The molecule has 0 saturated carbocycles. The molecule has 14 heavy (non-hydrogen) atoms. The van der Waals surface area contributed by atoms with E-state index in [0.717, 1.165) is 6.54 Å². The molecule has 0 spiro atoms. The molecule has 76 valence electrons. The lowest BCUT2D eigenvalue weighted by Gasteiger charge is -2.09. The predicted molar refractivity (Wildman–Crippen MR) is 64.3 cm³/mol. The lowest BCUT2D eigenvalue weighted by Crippen LogP contribution is -2.00. The summed E-state index contributed by atoms with van der Waals surface area (Å²) >= 11 is 5.53. The molecule has 2 heteroatoms. The average molecular weight is 210 g/mol. The number of allylic oxidation sites excluding steroid dienone is 1. The molecule has 0 heterocycles. The van der Waals surface area contributed by atoms with Gasteiger partial charge in [-0.1, -0.05) is 24.3 Å². The number of hydrogen-bond acceptors (Lipinski definition) is 1. The van der Waals surface area contributed by atoms with Crippen molar-refractivity contribution in [2.45, 2.75) is 13.8 Å². The highest BCUT2D eigenvalue weighted by molar-refractivity contribution is 6.18. The van der Waals surface area contributed by atoms with E-state index in [1.807, 2.05) is 12.2 Å². The summed E-state index contributed by atoms with van der Waals surface area (Å²) in [5.74, 6) is 0.578. The summed E-state index contributed by atoms with van der Waals surface area (Å²) in [6.07, 6.45) is 3.98. The minimum absolute atomic E-state index is 0.578. The summed E-state index contributed by atoms with van der Waals surface area (Å²) < 4.78 is 0. The van der Waals surface area contributed by atoms with Crippen molar-refractivity contribution in [3.05, 3.63) is 41.5 Å². The number of halogens is 1. The van der Waals surface area contributed by atoms with Crippen LogP contribution in [0.1, 0.15) is 11.1 Å². The molecule has 0 aliphatic carbocycles. The highest BCUT2D eigenvalue weighted by Crippen LogP contribution is 2.17. The van der Waals surface area contributed by atoms with E-state index >= 15 is 0 Å². The summed E-state index contributed by atoms with van der Waals surface area (Å²) in [5, 5.41) is 3.34. The van der Waals surface area contributed by atoms with Gasteiger partial charge in [-0.15, -0.1) is 11.6 Å². The van der Waals surface area contributed by atoms with Crippen molar-refractivity contribution in [3.63, 3.8) is 0 Å². The minimum Gasteiger partial charge on any atom is -0.381 e. The van der Waals surface area contributed by atoms with Crippen LogP contribution < -0.4 is 5.32 Å². The van der Waals surface area contributed by atoms with Crippen LogP contribution in [0.25, 0.3) is 0 Å². The number of benzene rings is 1. The van der Waals surface area contributed by atoms with Crippen molar-refractivity contribution in [1.82, 2.24) is 0 Å². The van der Waals surface area contributed by atoms with E-state index in [9.17, 15) is 0 Å². The van der Waals surface area contributed by atoms with Gasteiger partial charge in [0.05, 0.1) is 0 Å². The second-order valence-corrected chi connectivity index (χ2v) is 3.56. The number of rotatable bonds is 4. The van der Waals surface area contributed by atoms with Gasteiger partial charge in [0.2, 0.25) is 0 Å². The maximum Gasteiger partial charge on any atom is 0.0404 e. The van der Waals surface area contributed by atoms with Crippen LogP contribution in [0.4, 0.5) is 5.69 Å². The first kappa shape index (κ1) is 11.1. The van der Waals surface area contributed by atoms with Gasteiger partial charge in [-0.05, 0) is 31.0 Å². The van der Waals surface area contributed by atoms with Gasteiger partial charge in [0.15, 0.2) is 0 Å². The smallest absolute Gasteiger partial charge is 0.0404 e. The van der Waals surface area contributed by atoms with E-state index < -0.39 is 0 Å². The maximum absolute atomic E-state index is 5.53. The first-order valence-electron chi connectivity index (χ1n) is 4.76. The van der Waals surface area contributed by atoms with Crippen LogP contribution in [0.5, 0.6) is 0 Å². The minimum atomic E-state index is 0.578. The molecule has 0 unspecified atom stereocenters. The molecule has 0 bridgehead atoms. The highest BCUT2D eigenvalue weighted by atomic mass is 35.5. The largest absolute Gasteiger partial charge is 0.381 e. The van der Waals surface area contributed by atoms with Crippen LogP contribution in [0.2, 0.25) is 0 Å². The Bertz CT molecular complexity index is 318. The van der Waals surface area contributed by atoms with Crippen LogP contribution >= 0.6 is 11.6 Å². The number of aryl methyl sites for hydroxylation is 1. The molecular formula is C12H16ClN. The van der Waals surface area contributed by atoms with E-state index in [2.05, 4.69) is 37.4 Å². The fourth-order valence-electron chi connectivity index (χ4n) is 1.26. The molecule has 0 amide bonds. The Labute approximate surface area is 90.8 Å². The Kier molecular flexibility index (Phi) is 4.54. The van der Waals surface area contributed by atoms with Crippen molar-refractivity contribution >= 4 is 17.3 Å². The van der Waals surface area contributed by atoms with Crippen LogP contribution in [0.15, 0.2) is 30.4 Å². The third-order valence-corrected chi connectivity index (χ3v) is 2.45. The Morgan fingerprint density at radius 3 is 2.79 bits per heavy atom.